The van der Waals surface area contributed by atoms with Crippen molar-refractivity contribution in [2.75, 3.05) is 5.73 Å². The second-order valence-electron chi connectivity index (χ2n) is 6.27. The lowest BCUT2D eigenvalue weighted by atomic mass is 9.93. The van der Waals surface area contributed by atoms with E-state index in [4.69, 9.17) is 5.73 Å². The van der Waals surface area contributed by atoms with E-state index in [1.165, 1.54) is 12.1 Å². The maximum atomic E-state index is 11.7. The average Bonchev–Trinajstić information content (AvgIpc) is 2.57. The first-order valence-corrected chi connectivity index (χ1v) is 11.9. The summed E-state index contributed by atoms with van der Waals surface area (Å²) in [4.78, 5) is -2.65. The molecule has 4 aromatic rings. The number of hydrogen-bond donors (Lipinski definition) is 1. The van der Waals surface area contributed by atoms with Crippen molar-refractivity contribution >= 4 is 68.4 Å². The highest BCUT2D eigenvalue weighted by molar-refractivity contribution is 7.87. The molecule has 4 rings (SSSR count). The maximum Gasteiger partial charge on any atom is 0.125 e. The topological polar surface area (TPSA) is 198 Å². The van der Waals surface area contributed by atoms with Crippen LogP contribution in [-0.4, -0.2) is 38.9 Å². The number of nitrogens with two attached hydrogens (primary N) is 1. The predicted octanol–water partition coefficient (Wildman–Crippen LogP) is 0.879. The normalized spacial score (nSPS) is 13.6. The van der Waals surface area contributed by atoms with Crippen LogP contribution in [0.3, 0.4) is 0 Å². The molecule has 0 aliphatic heterocycles. The van der Waals surface area contributed by atoms with Crippen LogP contribution in [0.25, 0.3) is 32.3 Å². The molecule has 152 valence electrons. The summed E-state index contributed by atoms with van der Waals surface area (Å²) in [5.41, 5.74) is 5.70. The molecule has 10 nitrogen and oxygen atoms in total. The highest BCUT2D eigenvalue weighted by Gasteiger charge is 2.22. The molecule has 29 heavy (non-hydrogen) atoms. The third-order valence-corrected chi connectivity index (χ3v) is 7.25. The Labute approximate surface area is 164 Å². The van der Waals surface area contributed by atoms with E-state index in [0.29, 0.717) is 6.07 Å². The molecule has 0 heterocycles. The highest BCUT2D eigenvalue weighted by Crippen LogP contribution is 2.43. The molecule has 0 bridgehead atoms. The van der Waals surface area contributed by atoms with Crippen molar-refractivity contribution in [3.8, 4) is 0 Å². The summed E-state index contributed by atoms with van der Waals surface area (Å²) >= 11 is 0. The van der Waals surface area contributed by atoms with Gasteiger partial charge in [-0.2, -0.15) is 0 Å². The zero-order valence-corrected chi connectivity index (χ0v) is 16.4. The molecular weight excluding hydrogens is 446 g/mol. The Morgan fingerprint density at radius 2 is 0.862 bits per heavy atom. The van der Waals surface area contributed by atoms with Gasteiger partial charge in [-0.15, -0.1) is 0 Å². The number of anilines is 1. The monoisotopic (exact) mass is 454 g/mol. The van der Waals surface area contributed by atoms with Gasteiger partial charge < -0.3 is 19.4 Å². The summed E-state index contributed by atoms with van der Waals surface area (Å²) < 4.78 is 105. The second-order valence-corrected chi connectivity index (χ2v) is 10.3. The number of rotatable bonds is 3. The fraction of sp³-hybridized carbons (Fsp3) is 0. The number of hydrogen-bond acceptors (Lipinski definition) is 10. The van der Waals surface area contributed by atoms with Gasteiger partial charge in [0.15, 0.2) is 0 Å². The van der Waals surface area contributed by atoms with Crippen LogP contribution in [-0.2, 0) is 30.4 Å². The molecule has 2 N–H and O–H groups in total. The number of benzene rings is 4. The molecule has 0 saturated carbocycles. The van der Waals surface area contributed by atoms with E-state index in [1.54, 1.807) is 0 Å². The van der Waals surface area contributed by atoms with Crippen molar-refractivity contribution in [1.29, 1.82) is 0 Å². The Bertz CT molecular complexity index is 1620. The largest absolute Gasteiger partial charge is 0.744 e. The van der Waals surface area contributed by atoms with Crippen molar-refractivity contribution in [2.24, 2.45) is 0 Å². The van der Waals surface area contributed by atoms with E-state index in [1.807, 2.05) is 0 Å². The lowest BCUT2D eigenvalue weighted by Crippen LogP contribution is -2.07. The van der Waals surface area contributed by atoms with Gasteiger partial charge >= 0.3 is 0 Å². The van der Waals surface area contributed by atoms with Crippen LogP contribution >= 0.6 is 0 Å². The molecule has 0 aliphatic rings. The van der Waals surface area contributed by atoms with E-state index in [9.17, 15) is 38.9 Å². The lowest BCUT2D eigenvalue weighted by Gasteiger charge is -2.22. The average molecular weight is 454 g/mol. The van der Waals surface area contributed by atoms with Gasteiger partial charge in [-0.3, -0.25) is 0 Å². The zero-order valence-electron chi connectivity index (χ0n) is 13.9. The van der Waals surface area contributed by atoms with Crippen LogP contribution in [0.1, 0.15) is 0 Å². The Morgan fingerprint density at radius 3 is 1.24 bits per heavy atom. The standard InChI is InChI=1S/C16H11NO9S3/c17-11-5-12(27(18,19)20)8-3-4-10-14(29(24,25)26)6-13(28(21,22)23)9-2-1-7(11)15(8)16(9)10/h1-6H,17H2,(H,18,19,20)(H,21,22,23)(H,24,25,26)/p-3. The minimum Gasteiger partial charge on any atom is -0.744 e. The third kappa shape index (κ3) is 2.90. The van der Waals surface area contributed by atoms with Crippen LogP contribution in [0.2, 0.25) is 0 Å². The van der Waals surface area contributed by atoms with Crippen LogP contribution in [0.4, 0.5) is 5.69 Å². The van der Waals surface area contributed by atoms with E-state index in [2.05, 4.69) is 0 Å². The molecule has 4 aromatic carbocycles. The molecule has 0 saturated heterocycles. The van der Waals surface area contributed by atoms with Gasteiger partial charge in [0.25, 0.3) is 0 Å². The Morgan fingerprint density at radius 1 is 0.552 bits per heavy atom. The van der Waals surface area contributed by atoms with Gasteiger partial charge in [-0.25, -0.2) is 25.3 Å². The minimum absolute atomic E-state index is 0.0511. The fourth-order valence-electron chi connectivity index (χ4n) is 3.54. The van der Waals surface area contributed by atoms with Crippen LogP contribution < -0.4 is 5.73 Å². The number of nitrogen functional groups attached to an aromatic ring is 1. The quantitative estimate of drug-likeness (QED) is 0.263. The molecule has 0 amide bonds. The van der Waals surface area contributed by atoms with Crippen molar-refractivity contribution < 1.29 is 38.9 Å². The second kappa shape index (κ2) is 5.75. The van der Waals surface area contributed by atoms with Gasteiger partial charge in [-0.05, 0) is 17.5 Å². The van der Waals surface area contributed by atoms with Gasteiger partial charge in [0.05, 0.1) is 14.7 Å². The highest BCUT2D eigenvalue weighted by atomic mass is 32.2. The van der Waals surface area contributed by atoms with Crippen molar-refractivity contribution in [2.45, 2.75) is 14.7 Å². The first-order valence-electron chi connectivity index (χ1n) is 7.63. The van der Waals surface area contributed by atoms with E-state index in [-0.39, 0.29) is 38.0 Å². The molecule has 0 spiro atoms. The summed E-state index contributed by atoms with van der Waals surface area (Å²) in [6.45, 7) is 0. The Balaban J connectivity index is 2.47. The molecule has 13 heteroatoms. The summed E-state index contributed by atoms with van der Waals surface area (Å²) in [6.07, 6.45) is 0. The first kappa shape index (κ1) is 19.8. The molecule has 0 fully saturated rings. The molecular formula is C16H8NO9S3-3. The van der Waals surface area contributed by atoms with Crippen molar-refractivity contribution in [3.05, 3.63) is 36.4 Å². The summed E-state index contributed by atoms with van der Waals surface area (Å²) in [5.74, 6) is 0. The van der Waals surface area contributed by atoms with Gasteiger partial charge in [0, 0.05) is 32.6 Å². The molecule has 0 atom stereocenters. The minimum atomic E-state index is -5.22. The Kier molecular flexibility index (Phi) is 3.91. The van der Waals surface area contributed by atoms with Crippen LogP contribution in [0.15, 0.2) is 51.1 Å². The SMILES string of the molecule is Nc1cc(S(=O)(=O)[O-])c2ccc3c(S(=O)(=O)[O-])cc(S(=O)(=O)[O-])c4ccc1c2c43. The molecule has 0 aliphatic carbocycles. The lowest BCUT2D eigenvalue weighted by molar-refractivity contribution is 0.460. The third-order valence-electron chi connectivity index (χ3n) is 4.62. The summed E-state index contributed by atoms with van der Waals surface area (Å²) in [7, 11) is -15.5. The smallest absolute Gasteiger partial charge is 0.125 e. The summed E-state index contributed by atoms with van der Waals surface area (Å²) in [6, 6.07) is 6.09. The first-order chi connectivity index (χ1) is 13.2. The van der Waals surface area contributed by atoms with Gasteiger partial charge in [0.1, 0.15) is 30.4 Å². The molecule has 0 unspecified atom stereocenters. The molecule has 0 radical (unpaired) electrons. The zero-order chi connectivity index (χ0) is 21.5. The van der Waals surface area contributed by atoms with Gasteiger partial charge in [-0.1, -0.05) is 24.3 Å². The van der Waals surface area contributed by atoms with E-state index < -0.39 is 45.0 Å². The maximum absolute atomic E-state index is 11.7. The summed E-state index contributed by atoms with van der Waals surface area (Å²) in [5, 5.41) is -0.675. The van der Waals surface area contributed by atoms with E-state index >= 15 is 0 Å². The predicted molar refractivity (Wildman–Crippen MR) is 98.4 cm³/mol. The van der Waals surface area contributed by atoms with Gasteiger partial charge in [0.2, 0.25) is 0 Å². The van der Waals surface area contributed by atoms with Crippen LogP contribution in [0, 0.1) is 0 Å². The van der Waals surface area contributed by atoms with Crippen molar-refractivity contribution in [3.63, 3.8) is 0 Å². The van der Waals surface area contributed by atoms with Crippen LogP contribution in [0.5, 0.6) is 0 Å². The van der Waals surface area contributed by atoms with E-state index in [0.717, 1.165) is 18.2 Å². The fourth-order valence-corrected chi connectivity index (χ4v) is 5.73. The van der Waals surface area contributed by atoms with Crippen molar-refractivity contribution in [1.82, 2.24) is 0 Å². The molecule has 0 aromatic heterocycles. The Hall–Kier alpha value is -2.55.